The lowest BCUT2D eigenvalue weighted by molar-refractivity contribution is 0.122. The van der Waals surface area contributed by atoms with E-state index in [9.17, 15) is 10.2 Å². The van der Waals surface area contributed by atoms with E-state index in [0.717, 1.165) is 11.5 Å². The van der Waals surface area contributed by atoms with Crippen LogP contribution in [0.15, 0.2) is 24.3 Å². The summed E-state index contributed by atoms with van der Waals surface area (Å²) < 4.78 is 11.5. The second-order valence-electron chi connectivity index (χ2n) is 8.59. The fourth-order valence-corrected chi connectivity index (χ4v) is 6.61. The molecule has 0 heterocycles. The summed E-state index contributed by atoms with van der Waals surface area (Å²) in [5.74, 6) is 2.85. The molecule has 2 atom stereocenters. The molecule has 0 aliphatic heterocycles. The van der Waals surface area contributed by atoms with E-state index in [4.69, 9.17) is 9.47 Å². The van der Waals surface area contributed by atoms with Crippen LogP contribution in [0.5, 0.6) is 11.5 Å². The van der Waals surface area contributed by atoms with Crippen LogP contribution in [0.25, 0.3) is 0 Å². The second-order valence-corrected chi connectivity index (χ2v) is 11.3. The van der Waals surface area contributed by atoms with Gasteiger partial charge in [0.15, 0.2) is 0 Å². The Morgan fingerprint density at radius 1 is 0.733 bits per heavy atom. The largest absolute Gasteiger partial charge is 0.491 e. The molecule has 2 aliphatic carbocycles. The van der Waals surface area contributed by atoms with Crippen LogP contribution in [0.4, 0.5) is 0 Å². The van der Waals surface area contributed by atoms with Gasteiger partial charge in [-0.1, -0.05) is 44.6 Å². The van der Waals surface area contributed by atoms with Gasteiger partial charge in [0.1, 0.15) is 24.7 Å². The molecule has 2 saturated carbocycles. The van der Waals surface area contributed by atoms with E-state index >= 15 is 0 Å². The zero-order chi connectivity index (χ0) is 21.0. The summed E-state index contributed by atoms with van der Waals surface area (Å²) in [6.45, 7) is 0.591. The van der Waals surface area contributed by atoms with Crippen LogP contribution >= 0.6 is 23.5 Å². The van der Waals surface area contributed by atoms with E-state index in [2.05, 4.69) is 0 Å². The minimum atomic E-state index is -0.458. The molecule has 30 heavy (non-hydrogen) atoms. The van der Waals surface area contributed by atoms with Gasteiger partial charge in [-0.25, -0.2) is 0 Å². The van der Waals surface area contributed by atoms with Crippen molar-refractivity contribution in [1.29, 1.82) is 0 Å². The molecule has 4 nitrogen and oxygen atoms in total. The molecule has 2 unspecified atom stereocenters. The SMILES string of the molecule is OC(COc1cccc(OCC(O)CSC2CCCCC2)c1)CSC1CCCCC1. The Labute approximate surface area is 190 Å². The molecule has 2 aliphatic rings. The molecular weight excluding hydrogens is 416 g/mol. The van der Waals surface area contributed by atoms with Crippen LogP contribution in [-0.2, 0) is 0 Å². The molecule has 2 N–H and O–H groups in total. The Morgan fingerprint density at radius 3 is 1.60 bits per heavy atom. The monoisotopic (exact) mass is 454 g/mol. The van der Waals surface area contributed by atoms with Crippen molar-refractivity contribution in [3.63, 3.8) is 0 Å². The molecular formula is C24H38O4S2. The molecule has 1 aromatic carbocycles. The zero-order valence-corrected chi connectivity index (χ0v) is 19.7. The lowest BCUT2D eigenvalue weighted by Gasteiger charge is -2.22. The maximum Gasteiger partial charge on any atom is 0.123 e. The van der Waals surface area contributed by atoms with Crippen LogP contribution < -0.4 is 9.47 Å². The molecule has 0 spiro atoms. The maximum atomic E-state index is 10.2. The van der Waals surface area contributed by atoms with Crippen molar-refractivity contribution in [2.75, 3.05) is 24.7 Å². The standard InChI is InChI=1S/C24H38O4S2/c25-19(17-29-23-10-3-1-4-11-23)15-27-21-8-7-9-22(14-21)28-16-20(26)18-30-24-12-5-2-6-13-24/h7-9,14,19-20,23-26H,1-6,10-13,15-18H2. The quantitative estimate of drug-likeness (QED) is 0.447. The van der Waals surface area contributed by atoms with E-state index in [1.54, 1.807) is 0 Å². The van der Waals surface area contributed by atoms with E-state index in [1.807, 2.05) is 47.8 Å². The summed E-state index contributed by atoms with van der Waals surface area (Å²) in [5.41, 5.74) is 0. The van der Waals surface area contributed by atoms with E-state index < -0.39 is 12.2 Å². The first-order chi connectivity index (χ1) is 14.7. The van der Waals surface area contributed by atoms with Gasteiger partial charge in [-0.2, -0.15) is 23.5 Å². The number of hydrogen-bond donors (Lipinski definition) is 2. The first-order valence-corrected chi connectivity index (χ1v) is 13.7. The highest BCUT2D eigenvalue weighted by Crippen LogP contribution is 2.30. The summed E-state index contributed by atoms with van der Waals surface area (Å²) in [6.07, 6.45) is 12.2. The summed E-state index contributed by atoms with van der Waals surface area (Å²) in [7, 11) is 0. The molecule has 170 valence electrons. The maximum absolute atomic E-state index is 10.2. The van der Waals surface area contributed by atoms with E-state index in [-0.39, 0.29) is 0 Å². The van der Waals surface area contributed by atoms with Gasteiger partial charge in [0.05, 0.1) is 12.2 Å². The van der Waals surface area contributed by atoms with Crippen molar-refractivity contribution in [1.82, 2.24) is 0 Å². The average molecular weight is 455 g/mol. The van der Waals surface area contributed by atoms with Gasteiger partial charge >= 0.3 is 0 Å². The first kappa shape index (κ1) is 24.1. The predicted octanol–water partition coefficient (Wildman–Crippen LogP) is 5.30. The lowest BCUT2D eigenvalue weighted by atomic mass is 10.0. The van der Waals surface area contributed by atoms with Gasteiger partial charge in [-0.05, 0) is 37.8 Å². The molecule has 0 aromatic heterocycles. The Kier molecular flexibility index (Phi) is 11.1. The topological polar surface area (TPSA) is 58.9 Å². The van der Waals surface area contributed by atoms with Crippen molar-refractivity contribution < 1.29 is 19.7 Å². The average Bonchev–Trinajstić information content (AvgIpc) is 2.80. The third-order valence-corrected chi connectivity index (χ3v) is 8.88. The number of aliphatic hydroxyl groups is 2. The Hall–Kier alpha value is -0.560. The van der Waals surface area contributed by atoms with E-state index in [1.165, 1.54) is 64.2 Å². The summed E-state index contributed by atoms with van der Waals surface area (Å²) in [4.78, 5) is 0. The fourth-order valence-electron chi connectivity index (χ4n) is 4.09. The highest BCUT2D eigenvalue weighted by molar-refractivity contribution is 8.00. The van der Waals surface area contributed by atoms with Crippen LogP contribution in [0.1, 0.15) is 64.2 Å². The highest BCUT2D eigenvalue weighted by Gasteiger charge is 2.17. The van der Waals surface area contributed by atoms with Crippen LogP contribution in [0.2, 0.25) is 0 Å². The molecule has 0 amide bonds. The summed E-state index contributed by atoms with van der Waals surface area (Å²) >= 11 is 3.77. The molecule has 0 radical (unpaired) electrons. The normalized spacial score (nSPS) is 20.6. The zero-order valence-electron chi connectivity index (χ0n) is 18.0. The minimum Gasteiger partial charge on any atom is -0.491 e. The molecule has 1 aromatic rings. The molecule has 0 bridgehead atoms. The summed E-state index contributed by atoms with van der Waals surface area (Å²) in [5, 5.41) is 21.9. The number of benzene rings is 1. The van der Waals surface area contributed by atoms with Gasteiger partial charge in [-0.3, -0.25) is 0 Å². The van der Waals surface area contributed by atoms with E-state index in [0.29, 0.717) is 35.2 Å². The fraction of sp³-hybridized carbons (Fsp3) is 0.750. The lowest BCUT2D eigenvalue weighted by Crippen LogP contribution is -2.23. The number of ether oxygens (including phenoxy) is 2. The van der Waals surface area contributed by atoms with Crippen molar-refractivity contribution in [3.8, 4) is 11.5 Å². The van der Waals surface area contributed by atoms with Gasteiger partial charge < -0.3 is 19.7 Å². The third-order valence-electron chi connectivity index (χ3n) is 5.84. The molecule has 6 heteroatoms. The van der Waals surface area contributed by atoms with Crippen molar-refractivity contribution >= 4 is 23.5 Å². The Bertz CT molecular complexity index is 541. The second kappa shape index (κ2) is 13.8. The molecule has 3 rings (SSSR count). The van der Waals surface area contributed by atoms with Crippen LogP contribution in [-0.4, -0.2) is 57.6 Å². The highest BCUT2D eigenvalue weighted by atomic mass is 32.2. The minimum absolute atomic E-state index is 0.295. The van der Waals surface area contributed by atoms with Crippen LogP contribution in [0.3, 0.4) is 0 Å². The Balaban J connectivity index is 1.31. The Morgan fingerprint density at radius 2 is 1.17 bits per heavy atom. The number of rotatable bonds is 12. The van der Waals surface area contributed by atoms with Crippen molar-refractivity contribution in [2.24, 2.45) is 0 Å². The molecule has 0 saturated heterocycles. The third kappa shape index (κ3) is 9.29. The van der Waals surface area contributed by atoms with Gasteiger partial charge in [0.25, 0.3) is 0 Å². The predicted molar refractivity (Wildman–Crippen MR) is 128 cm³/mol. The molecule has 2 fully saturated rings. The summed E-state index contributed by atoms with van der Waals surface area (Å²) in [6, 6.07) is 7.48. The van der Waals surface area contributed by atoms with Crippen LogP contribution in [0, 0.1) is 0 Å². The number of aliphatic hydroxyl groups excluding tert-OH is 2. The van der Waals surface area contributed by atoms with Crippen molar-refractivity contribution in [3.05, 3.63) is 24.3 Å². The first-order valence-electron chi connectivity index (χ1n) is 11.6. The number of thioether (sulfide) groups is 2. The number of hydrogen-bond acceptors (Lipinski definition) is 6. The van der Waals surface area contributed by atoms with Gasteiger partial charge in [0.2, 0.25) is 0 Å². The van der Waals surface area contributed by atoms with Crippen molar-refractivity contribution in [2.45, 2.75) is 86.9 Å². The van der Waals surface area contributed by atoms with Gasteiger partial charge in [0, 0.05) is 28.1 Å². The smallest absolute Gasteiger partial charge is 0.123 e. The van der Waals surface area contributed by atoms with Gasteiger partial charge in [-0.15, -0.1) is 0 Å².